The Labute approximate surface area is 208 Å². The highest BCUT2D eigenvalue weighted by Gasteiger charge is 2.31. The number of carbonyl (C=O) groups is 1. The normalized spacial score (nSPS) is 12.6. The van der Waals surface area contributed by atoms with Gasteiger partial charge in [0, 0.05) is 24.6 Å². The molecule has 0 spiro atoms. The number of hydrogen-bond donors (Lipinski definition) is 0. The van der Waals surface area contributed by atoms with Gasteiger partial charge in [-0.15, -0.1) is 0 Å². The third kappa shape index (κ3) is 6.87. The zero-order chi connectivity index (χ0) is 26.3. The number of pyridine rings is 1. The Balaban J connectivity index is 1.89. The number of para-hydroxylation sites is 1. The van der Waals surface area contributed by atoms with Gasteiger partial charge in [-0.3, -0.25) is 4.98 Å². The quantitative estimate of drug-likeness (QED) is 0.292. The van der Waals surface area contributed by atoms with Crippen LogP contribution in [-0.4, -0.2) is 36.4 Å². The average molecular weight is 506 g/mol. The molecule has 3 rings (SSSR count). The number of alkyl halides is 3. The molecule has 36 heavy (non-hydrogen) atoms. The molecule has 0 aliphatic rings. The van der Waals surface area contributed by atoms with Crippen LogP contribution in [0.1, 0.15) is 44.4 Å². The van der Waals surface area contributed by atoms with Crippen molar-refractivity contribution < 1.29 is 36.9 Å². The number of hydrogen-bond acceptors (Lipinski definition) is 6. The number of halogens is 3. The highest BCUT2D eigenvalue weighted by atomic mass is 19.4. The summed E-state index contributed by atoms with van der Waals surface area (Å²) < 4.78 is 62.3. The van der Waals surface area contributed by atoms with Crippen molar-refractivity contribution >= 4 is 16.9 Å². The Hall–Kier alpha value is -3.33. The minimum Gasteiger partial charge on any atom is -0.490 e. The molecule has 2 aromatic carbocycles. The van der Waals surface area contributed by atoms with Crippen molar-refractivity contribution in [2.24, 2.45) is 0 Å². The van der Waals surface area contributed by atoms with Crippen LogP contribution in [0.2, 0.25) is 0 Å². The van der Waals surface area contributed by atoms with Crippen LogP contribution in [0.25, 0.3) is 10.9 Å². The Kier molecular flexibility index (Phi) is 9.14. The molecule has 0 radical (unpaired) electrons. The molecule has 1 atom stereocenters. The first kappa shape index (κ1) is 27.3. The molecule has 0 saturated heterocycles. The summed E-state index contributed by atoms with van der Waals surface area (Å²) in [7, 11) is 0. The lowest BCUT2D eigenvalue weighted by atomic mass is 10.1. The maximum Gasteiger partial charge on any atom is 0.416 e. The second-order valence-corrected chi connectivity index (χ2v) is 8.31. The number of carbonyl (C=O) groups excluding carboxylic acids is 1. The summed E-state index contributed by atoms with van der Waals surface area (Å²) in [6.45, 7) is 7.85. The molecule has 0 fully saturated rings. The van der Waals surface area contributed by atoms with E-state index in [0.29, 0.717) is 29.1 Å². The topological polar surface area (TPSA) is 66.9 Å². The molecule has 0 bridgehead atoms. The number of benzene rings is 2. The van der Waals surface area contributed by atoms with Crippen molar-refractivity contribution in [3.8, 4) is 11.5 Å². The monoisotopic (exact) mass is 505 g/mol. The minimum atomic E-state index is -4.47. The van der Waals surface area contributed by atoms with Gasteiger partial charge in [0.2, 0.25) is 0 Å². The van der Waals surface area contributed by atoms with Gasteiger partial charge in [0.1, 0.15) is 18.1 Å². The van der Waals surface area contributed by atoms with Crippen LogP contribution in [0.15, 0.2) is 48.7 Å². The van der Waals surface area contributed by atoms with E-state index in [-0.39, 0.29) is 31.3 Å². The first-order valence-electron chi connectivity index (χ1n) is 11.8. The molecule has 0 saturated carbocycles. The Morgan fingerprint density at radius 3 is 2.44 bits per heavy atom. The molecule has 194 valence electrons. The minimum absolute atomic E-state index is 0.0573. The molecule has 0 aliphatic carbocycles. The predicted molar refractivity (Wildman–Crippen MR) is 129 cm³/mol. The zero-order valence-corrected chi connectivity index (χ0v) is 20.7. The van der Waals surface area contributed by atoms with Gasteiger partial charge in [-0.05, 0) is 57.5 Å². The molecular formula is C27H30F3NO5. The van der Waals surface area contributed by atoms with Gasteiger partial charge in [-0.1, -0.05) is 18.2 Å². The van der Waals surface area contributed by atoms with Gasteiger partial charge in [0.05, 0.1) is 29.4 Å². The van der Waals surface area contributed by atoms with Gasteiger partial charge >= 0.3 is 12.1 Å². The Morgan fingerprint density at radius 1 is 1.03 bits per heavy atom. The smallest absolute Gasteiger partial charge is 0.416 e. The van der Waals surface area contributed by atoms with Gasteiger partial charge in [0.15, 0.2) is 6.10 Å². The van der Waals surface area contributed by atoms with E-state index in [2.05, 4.69) is 4.98 Å². The highest BCUT2D eigenvalue weighted by Crippen LogP contribution is 2.35. The van der Waals surface area contributed by atoms with Gasteiger partial charge < -0.3 is 18.9 Å². The van der Waals surface area contributed by atoms with Crippen molar-refractivity contribution in [2.75, 3.05) is 13.2 Å². The molecule has 1 aromatic heterocycles. The molecule has 0 N–H and O–H groups in total. The summed E-state index contributed by atoms with van der Waals surface area (Å²) in [6, 6.07) is 10.6. The summed E-state index contributed by atoms with van der Waals surface area (Å²) in [5, 5.41) is 0.463. The first-order chi connectivity index (χ1) is 17.1. The zero-order valence-electron chi connectivity index (χ0n) is 20.7. The lowest BCUT2D eigenvalue weighted by molar-refractivity contribution is -0.156. The number of esters is 1. The number of fused-ring (bicyclic) bond motifs is 1. The van der Waals surface area contributed by atoms with Crippen molar-refractivity contribution in [2.45, 2.75) is 59.1 Å². The van der Waals surface area contributed by atoms with Crippen LogP contribution in [0.5, 0.6) is 11.5 Å². The summed E-state index contributed by atoms with van der Waals surface area (Å²) in [5.41, 5.74) is 0.733. The van der Waals surface area contributed by atoms with E-state index in [1.165, 1.54) is 12.3 Å². The van der Waals surface area contributed by atoms with E-state index in [4.69, 9.17) is 18.9 Å². The largest absolute Gasteiger partial charge is 0.490 e. The third-order valence-corrected chi connectivity index (χ3v) is 5.25. The summed E-state index contributed by atoms with van der Waals surface area (Å²) in [6.07, 6.45) is -3.74. The Bertz CT molecular complexity index is 1180. The maximum absolute atomic E-state index is 13.2. The third-order valence-electron chi connectivity index (χ3n) is 5.25. The lowest BCUT2D eigenvalue weighted by Crippen LogP contribution is -2.29. The van der Waals surface area contributed by atoms with Crippen molar-refractivity contribution in [1.29, 1.82) is 0 Å². The molecule has 0 amide bonds. The number of nitrogens with zero attached hydrogens (tertiary/aromatic N) is 1. The number of ether oxygens (including phenoxy) is 4. The number of rotatable bonds is 11. The summed E-state index contributed by atoms with van der Waals surface area (Å²) in [4.78, 5) is 16.5. The second kappa shape index (κ2) is 12.1. The van der Waals surface area contributed by atoms with E-state index in [0.717, 1.165) is 17.7 Å². The van der Waals surface area contributed by atoms with E-state index < -0.39 is 23.8 Å². The molecule has 6 nitrogen and oxygen atoms in total. The van der Waals surface area contributed by atoms with E-state index >= 15 is 0 Å². The van der Waals surface area contributed by atoms with Crippen LogP contribution in [0, 0.1) is 0 Å². The molecule has 9 heteroatoms. The predicted octanol–water partition coefficient (Wildman–Crippen LogP) is 6.13. The maximum atomic E-state index is 13.2. The van der Waals surface area contributed by atoms with Gasteiger partial charge in [-0.25, -0.2) is 4.79 Å². The van der Waals surface area contributed by atoms with Crippen LogP contribution in [0.3, 0.4) is 0 Å². The standard InChI is InChI=1S/C27H30F3NO5/c1-5-33-24(26(32)34-6-2)13-18-9-7-8-10-23(18)35-16-19-15-31-22-14-20(27(28,29)30)11-12-21(22)25(19)36-17(3)4/h7-12,14-15,17,24H,5-6,13,16H2,1-4H3. The Morgan fingerprint density at radius 2 is 1.78 bits per heavy atom. The van der Waals surface area contributed by atoms with Crippen LogP contribution in [0.4, 0.5) is 13.2 Å². The van der Waals surface area contributed by atoms with Gasteiger partial charge in [0.25, 0.3) is 0 Å². The fourth-order valence-electron chi connectivity index (χ4n) is 3.68. The fourth-order valence-corrected chi connectivity index (χ4v) is 3.68. The molecule has 0 aliphatic heterocycles. The SMILES string of the molecule is CCOC(=O)C(Cc1ccccc1OCc1cnc2cc(C(F)(F)F)ccc2c1OC(C)C)OCC. The molecular weight excluding hydrogens is 475 g/mol. The highest BCUT2D eigenvalue weighted by molar-refractivity contribution is 5.86. The van der Waals surface area contributed by atoms with E-state index in [1.807, 2.05) is 32.0 Å². The van der Waals surface area contributed by atoms with Crippen molar-refractivity contribution in [3.05, 3.63) is 65.4 Å². The van der Waals surface area contributed by atoms with Crippen LogP contribution >= 0.6 is 0 Å². The van der Waals surface area contributed by atoms with Gasteiger partial charge in [-0.2, -0.15) is 13.2 Å². The fraction of sp³-hybridized carbons (Fsp3) is 0.407. The first-order valence-corrected chi connectivity index (χ1v) is 11.8. The van der Waals surface area contributed by atoms with Crippen molar-refractivity contribution in [1.82, 2.24) is 4.98 Å². The average Bonchev–Trinajstić information content (AvgIpc) is 2.83. The molecule has 3 aromatic rings. The van der Waals surface area contributed by atoms with E-state index in [1.54, 1.807) is 19.9 Å². The number of aromatic nitrogens is 1. The summed E-state index contributed by atoms with van der Waals surface area (Å²) >= 11 is 0. The molecule has 1 heterocycles. The second-order valence-electron chi connectivity index (χ2n) is 8.31. The summed E-state index contributed by atoms with van der Waals surface area (Å²) in [5.74, 6) is 0.508. The van der Waals surface area contributed by atoms with Crippen LogP contribution < -0.4 is 9.47 Å². The van der Waals surface area contributed by atoms with E-state index in [9.17, 15) is 18.0 Å². The lowest BCUT2D eigenvalue weighted by Gasteiger charge is -2.19. The van der Waals surface area contributed by atoms with Crippen LogP contribution in [-0.2, 0) is 33.5 Å². The van der Waals surface area contributed by atoms with Crippen molar-refractivity contribution in [3.63, 3.8) is 0 Å². The molecule has 1 unspecified atom stereocenters.